The number of nitrogens with zero attached hydrogens (tertiary/aromatic N) is 1. The predicted molar refractivity (Wildman–Crippen MR) is 80.1 cm³/mol. The molecule has 2 aromatic rings. The van der Waals surface area contributed by atoms with Crippen LogP contribution in [0.15, 0.2) is 41.1 Å². The first-order valence-electron chi connectivity index (χ1n) is 5.51. The minimum Gasteiger partial charge on any atom is -0.322 e. The number of nitro groups is 1. The Balaban J connectivity index is 2.08. The van der Waals surface area contributed by atoms with E-state index < -0.39 is 4.92 Å². The summed E-state index contributed by atoms with van der Waals surface area (Å²) in [7, 11) is 0. The third-order valence-corrected chi connectivity index (χ3v) is 3.40. The molecule has 7 heteroatoms. The second-order valence-corrected chi connectivity index (χ2v) is 4.99. The fourth-order valence-electron chi connectivity index (χ4n) is 1.46. The lowest BCUT2D eigenvalue weighted by atomic mass is 10.2. The van der Waals surface area contributed by atoms with E-state index in [1.165, 1.54) is 35.6 Å². The molecule has 0 saturated carbocycles. The number of nitrogens with one attached hydrogen (secondary N) is 1. The summed E-state index contributed by atoms with van der Waals surface area (Å²) in [5.74, 6) is -0.368. The van der Waals surface area contributed by atoms with E-state index >= 15 is 0 Å². The van der Waals surface area contributed by atoms with Gasteiger partial charge in [-0.05, 0) is 40.6 Å². The molecule has 0 radical (unpaired) electrons. The first-order valence-corrected chi connectivity index (χ1v) is 6.83. The van der Waals surface area contributed by atoms with Gasteiger partial charge in [0, 0.05) is 17.8 Å². The van der Waals surface area contributed by atoms with Crippen LogP contribution in [-0.2, 0) is 4.79 Å². The highest BCUT2D eigenvalue weighted by Gasteiger charge is 2.13. The van der Waals surface area contributed by atoms with Crippen LogP contribution >= 0.6 is 22.9 Å². The zero-order valence-corrected chi connectivity index (χ0v) is 11.6. The fourth-order valence-corrected chi connectivity index (χ4v) is 2.27. The number of thiophene rings is 1. The van der Waals surface area contributed by atoms with Crippen molar-refractivity contribution in [3.05, 3.63) is 61.8 Å². The molecule has 20 heavy (non-hydrogen) atoms. The van der Waals surface area contributed by atoms with Crippen molar-refractivity contribution in [1.82, 2.24) is 0 Å². The van der Waals surface area contributed by atoms with E-state index in [2.05, 4.69) is 5.32 Å². The summed E-state index contributed by atoms with van der Waals surface area (Å²) >= 11 is 7.22. The lowest BCUT2D eigenvalue weighted by Crippen LogP contribution is -2.07. The maximum atomic E-state index is 11.7. The second-order valence-electron chi connectivity index (χ2n) is 3.80. The van der Waals surface area contributed by atoms with Crippen LogP contribution in [0.1, 0.15) is 5.56 Å². The normalized spacial score (nSPS) is 10.7. The molecule has 0 unspecified atom stereocenters. The van der Waals surface area contributed by atoms with Gasteiger partial charge in [0.15, 0.2) is 0 Å². The van der Waals surface area contributed by atoms with Crippen molar-refractivity contribution in [2.45, 2.75) is 0 Å². The van der Waals surface area contributed by atoms with E-state index in [1.54, 1.807) is 6.08 Å². The van der Waals surface area contributed by atoms with Crippen LogP contribution < -0.4 is 5.32 Å². The summed E-state index contributed by atoms with van der Waals surface area (Å²) < 4.78 is 0. The van der Waals surface area contributed by atoms with Gasteiger partial charge in [0.2, 0.25) is 5.91 Å². The number of anilines is 1. The number of hydrogen-bond acceptors (Lipinski definition) is 4. The zero-order valence-electron chi connectivity index (χ0n) is 10.1. The third-order valence-electron chi connectivity index (χ3n) is 2.38. The van der Waals surface area contributed by atoms with Gasteiger partial charge in [-0.1, -0.05) is 11.6 Å². The quantitative estimate of drug-likeness (QED) is 0.528. The maximum Gasteiger partial charge on any atom is 0.289 e. The summed E-state index contributed by atoms with van der Waals surface area (Å²) in [6.45, 7) is 0. The van der Waals surface area contributed by atoms with E-state index in [-0.39, 0.29) is 16.6 Å². The van der Waals surface area contributed by atoms with Crippen LogP contribution in [0.5, 0.6) is 0 Å². The van der Waals surface area contributed by atoms with Crippen LogP contribution in [0.2, 0.25) is 5.02 Å². The zero-order chi connectivity index (χ0) is 14.5. The van der Waals surface area contributed by atoms with Gasteiger partial charge in [0.25, 0.3) is 5.69 Å². The number of halogens is 1. The molecule has 1 aromatic heterocycles. The monoisotopic (exact) mass is 308 g/mol. The van der Waals surface area contributed by atoms with Crippen molar-refractivity contribution in [3.63, 3.8) is 0 Å². The van der Waals surface area contributed by atoms with Crippen LogP contribution in [0, 0.1) is 10.1 Å². The number of carbonyl (C=O) groups excluding carboxylic acids is 1. The van der Waals surface area contributed by atoms with Gasteiger partial charge in [0.05, 0.1) is 4.92 Å². The molecule has 1 N–H and O–H groups in total. The summed E-state index contributed by atoms with van der Waals surface area (Å²) in [5.41, 5.74) is 1.000. The Hall–Kier alpha value is -2.18. The van der Waals surface area contributed by atoms with Crippen molar-refractivity contribution in [3.8, 4) is 0 Å². The molecular weight excluding hydrogens is 300 g/mol. The van der Waals surface area contributed by atoms with Gasteiger partial charge in [-0.15, -0.1) is 0 Å². The lowest BCUT2D eigenvalue weighted by Gasteiger charge is -2.02. The highest BCUT2D eigenvalue weighted by atomic mass is 35.5. The van der Waals surface area contributed by atoms with E-state index in [4.69, 9.17) is 11.6 Å². The standard InChI is InChI=1S/C13H9ClN2O3S/c14-11-3-2-10(7-12(11)16(18)19)15-13(17)4-1-9-5-6-20-8-9/h1-8H,(H,15,17)/b4-1+. The van der Waals surface area contributed by atoms with Crippen molar-refractivity contribution < 1.29 is 9.72 Å². The molecule has 0 aliphatic heterocycles. The van der Waals surface area contributed by atoms with Crippen LogP contribution in [0.25, 0.3) is 6.08 Å². The van der Waals surface area contributed by atoms with E-state index in [0.717, 1.165) is 5.56 Å². The van der Waals surface area contributed by atoms with E-state index in [0.29, 0.717) is 5.69 Å². The van der Waals surface area contributed by atoms with Gasteiger partial charge >= 0.3 is 0 Å². The number of benzene rings is 1. The molecule has 0 aliphatic carbocycles. The highest BCUT2D eigenvalue weighted by molar-refractivity contribution is 7.08. The average Bonchev–Trinajstić information content (AvgIpc) is 2.91. The summed E-state index contributed by atoms with van der Waals surface area (Å²) in [6, 6.07) is 5.98. The van der Waals surface area contributed by atoms with Gasteiger partial charge < -0.3 is 5.32 Å². The highest BCUT2D eigenvalue weighted by Crippen LogP contribution is 2.27. The van der Waals surface area contributed by atoms with Gasteiger partial charge in [-0.3, -0.25) is 14.9 Å². The Bertz CT molecular complexity index is 668. The molecule has 0 fully saturated rings. The summed E-state index contributed by atoms with van der Waals surface area (Å²) in [4.78, 5) is 21.8. The maximum absolute atomic E-state index is 11.7. The van der Waals surface area contributed by atoms with Gasteiger partial charge in [0.1, 0.15) is 5.02 Å². The molecule has 1 heterocycles. The molecule has 0 atom stereocenters. The molecule has 0 saturated heterocycles. The molecular formula is C13H9ClN2O3S. The first kappa shape index (κ1) is 14.2. The molecule has 102 valence electrons. The molecule has 0 aliphatic rings. The summed E-state index contributed by atoms with van der Waals surface area (Å²) in [6.07, 6.45) is 3.03. The van der Waals surface area contributed by atoms with Crippen molar-refractivity contribution in [2.75, 3.05) is 5.32 Å². The first-order chi connectivity index (χ1) is 9.56. The number of carbonyl (C=O) groups is 1. The Labute approximate surface area is 123 Å². The number of rotatable bonds is 4. The molecule has 5 nitrogen and oxygen atoms in total. The van der Waals surface area contributed by atoms with Crippen molar-refractivity contribution >= 4 is 46.3 Å². The number of hydrogen-bond donors (Lipinski definition) is 1. The Morgan fingerprint density at radius 2 is 2.20 bits per heavy atom. The van der Waals surface area contributed by atoms with E-state index in [9.17, 15) is 14.9 Å². The average molecular weight is 309 g/mol. The van der Waals surface area contributed by atoms with Crippen LogP contribution in [0.3, 0.4) is 0 Å². The van der Waals surface area contributed by atoms with E-state index in [1.807, 2.05) is 16.8 Å². The molecule has 1 aromatic carbocycles. The predicted octanol–water partition coefficient (Wildman–Crippen LogP) is 3.96. The third kappa shape index (κ3) is 3.66. The lowest BCUT2D eigenvalue weighted by molar-refractivity contribution is -0.384. The topological polar surface area (TPSA) is 72.2 Å². The Morgan fingerprint density at radius 1 is 1.40 bits per heavy atom. The number of amides is 1. The van der Waals surface area contributed by atoms with Crippen molar-refractivity contribution in [2.24, 2.45) is 0 Å². The molecule has 1 amide bonds. The summed E-state index contributed by atoms with van der Waals surface area (Å²) in [5, 5.41) is 17.1. The minimum absolute atomic E-state index is 0.0295. The molecule has 2 rings (SSSR count). The number of nitro benzene ring substituents is 1. The van der Waals surface area contributed by atoms with Gasteiger partial charge in [-0.2, -0.15) is 11.3 Å². The smallest absolute Gasteiger partial charge is 0.289 e. The van der Waals surface area contributed by atoms with Crippen LogP contribution in [0.4, 0.5) is 11.4 Å². The minimum atomic E-state index is -0.598. The van der Waals surface area contributed by atoms with Crippen LogP contribution in [-0.4, -0.2) is 10.8 Å². The molecule has 0 spiro atoms. The molecule has 0 bridgehead atoms. The Kier molecular flexibility index (Phi) is 4.49. The van der Waals surface area contributed by atoms with Crippen molar-refractivity contribution in [1.29, 1.82) is 0 Å². The largest absolute Gasteiger partial charge is 0.322 e. The SMILES string of the molecule is O=C(/C=C/c1ccsc1)Nc1ccc(Cl)c([N+](=O)[O-])c1. The second kappa shape index (κ2) is 6.31. The van der Waals surface area contributed by atoms with Gasteiger partial charge in [-0.25, -0.2) is 0 Å². The Morgan fingerprint density at radius 3 is 2.85 bits per heavy atom. The fraction of sp³-hybridized carbons (Fsp3) is 0.